The van der Waals surface area contributed by atoms with Gasteiger partial charge in [0.25, 0.3) is 0 Å². The minimum Gasteiger partial charge on any atom is -0.370 e. The SMILES string of the molecule is CCNC(COCC(F)(F)F)c1cc(Cl)c(Br)s1. The lowest BCUT2D eigenvalue weighted by Gasteiger charge is -2.17. The summed E-state index contributed by atoms with van der Waals surface area (Å²) in [5.74, 6) is 0. The lowest BCUT2D eigenvalue weighted by atomic mass is 10.2. The Morgan fingerprint density at radius 2 is 2.22 bits per heavy atom. The molecule has 1 atom stereocenters. The van der Waals surface area contributed by atoms with Crippen molar-refractivity contribution < 1.29 is 17.9 Å². The van der Waals surface area contributed by atoms with E-state index in [4.69, 9.17) is 11.6 Å². The van der Waals surface area contributed by atoms with E-state index in [2.05, 4.69) is 26.0 Å². The Morgan fingerprint density at radius 3 is 2.67 bits per heavy atom. The van der Waals surface area contributed by atoms with Crippen molar-refractivity contribution in [2.45, 2.75) is 19.1 Å². The van der Waals surface area contributed by atoms with Gasteiger partial charge in [0, 0.05) is 4.88 Å². The Morgan fingerprint density at radius 1 is 1.56 bits per heavy atom. The maximum atomic E-state index is 12.0. The van der Waals surface area contributed by atoms with Gasteiger partial charge in [-0.1, -0.05) is 18.5 Å². The highest BCUT2D eigenvalue weighted by atomic mass is 79.9. The molecule has 1 N–H and O–H groups in total. The van der Waals surface area contributed by atoms with Crippen molar-refractivity contribution in [2.24, 2.45) is 0 Å². The van der Waals surface area contributed by atoms with Gasteiger partial charge in [0.15, 0.2) is 0 Å². The van der Waals surface area contributed by atoms with E-state index in [1.165, 1.54) is 11.3 Å². The van der Waals surface area contributed by atoms with Crippen molar-refractivity contribution in [3.63, 3.8) is 0 Å². The molecule has 0 saturated heterocycles. The fraction of sp³-hybridized carbons (Fsp3) is 0.600. The molecule has 1 aromatic rings. The van der Waals surface area contributed by atoms with Crippen molar-refractivity contribution in [3.8, 4) is 0 Å². The maximum Gasteiger partial charge on any atom is 0.411 e. The number of hydrogen-bond acceptors (Lipinski definition) is 3. The molecule has 0 radical (unpaired) electrons. The summed E-state index contributed by atoms with van der Waals surface area (Å²) in [6.07, 6.45) is -4.30. The standard InChI is InChI=1S/C10H12BrClF3NOS/c1-2-16-7(4-17-5-10(13,14)15)8-3-6(12)9(11)18-8/h3,7,16H,2,4-5H2,1H3. The van der Waals surface area contributed by atoms with E-state index < -0.39 is 12.8 Å². The van der Waals surface area contributed by atoms with Crippen LogP contribution in [0.5, 0.6) is 0 Å². The van der Waals surface area contributed by atoms with E-state index in [-0.39, 0.29) is 12.6 Å². The minimum absolute atomic E-state index is 0.0450. The summed E-state index contributed by atoms with van der Waals surface area (Å²) >= 11 is 10.5. The van der Waals surface area contributed by atoms with Gasteiger partial charge in [0.2, 0.25) is 0 Å². The number of alkyl halides is 3. The van der Waals surface area contributed by atoms with Gasteiger partial charge in [0.1, 0.15) is 6.61 Å². The molecule has 8 heteroatoms. The number of nitrogens with one attached hydrogen (secondary N) is 1. The van der Waals surface area contributed by atoms with Crippen LogP contribution in [-0.2, 0) is 4.74 Å². The summed E-state index contributed by atoms with van der Waals surface area (Å²) in [6.45, 7) is 1.22. The van der Waals surface area contributed by atoms with Gasteiger partial charge in [-0.05, 0) is 28.5 Å². The van der Waals surface area contributed by atoms with E-state index in [9.17, 15) is 13.2 Å². The molecule has 0 aliphatic rings. The first-order valence-corrected chi connectivity index (χ1v) is 7.15. The monoisotopic (exact) mass is 365 g/mol. The third-order valence-corrected chi connectivity index (χ3v) is 4.60. The largest absolute Gasteiger partial charge is 0.411 e. The third kappa shape index (κ3) is 5.44. The smallest absolute Gasteiger partial charge is 0.370 e. The minimum atomic E-state index is -4.30. The van der Waals surface area contributed by atoms with Crippen LogP contribution >= 0.6 is 38.9 Å². The molecule has 1 aromatic heterocycles. The van der Waals surface area contributed by atoms with E-state index in [1.54, 1.807) is 6.07 Å². The van der Waals surface area contributed by atoms with E-state index in [0.717, 1.165) is 8.66 Å². The third-order valence-electron chi connectivity index (χ3n) is 2.01. The Kier molecular flexibility index (Phi) is 6.40. The highest BCUT2D eigenvalue weighted by molar-refractivity contribution is 9.11. The molecule has 0 aromatic carbocycles. The van der Waals surface area contributed by atoms with Gasteiger partial charge in [-0.2, -0.15) is 13.2 Å². The van der Waals surface area contributed by atoms with Crippen LogP contribution in [0.3, 0.4) is 0 Å². The second-order valence-corrected chi connectivity index (χ2v) is 6.32. The first-order chi connectivity index (χ1) is 8.33. The number of ether oxygens (including phenoxy) is 1. The van der Waals surface area contributed by atoms with Gasteiger partial charge in [-0.25, -0.2) is 0 Å². The number of halogens is 5. The molecule has 1 heterocycles. The fourth-order valence-electron chi connectivity index (χ4n) is 1.32. The van der Waals surface area contributed by atoms with Crippen molar-refractivity contribution in [1.82, 2.24) is 5.32 Å². The predicted octanol–water partition coefficient (Wildman–Crippen LogP) is 4.39. The molecule has 18 heavy (non-hydrogen) atoms. The highest BCUT2D eigenvalue weighted by Crippen LogP contribution is 2.35. The average Bonchev–Trinajstić information content (AvgIpc) is 2.56. The van der Waals surface area contributed by atoms with Gasteiger partial charge >= 0.3 is 6.18 Å². The molecule has 0 fully saturated rings. The molecular formula is C10H12BrClF3NOS. The molecular weight excluding hydrogens is 355 g/mol. The van der Waals surface area contributed by atoms with Crippen LogP contribution in [0, 0.1) is 0 Å². The molecule has 1 rings (SSSR count). The first kappa shape index (κ1) is 16.2. The summed E-state index contributed by atoms with van der Waals surface area (Å²) in [5.41, 5.74) is 0. The Labute approximate surface area is 121 Å². The zero-order valence-corrected chi connectivity index (χ0v) is 12.6. The molecule has 0 spiro atoms. The van der Waals surface area contributed by atoms with Crippen LogP contribution < -0.4 is 5.32 Å². The van der Waals surface area contributed by atoms with Gasteiger partial charge in [0.05, 0.1) is 21.5 Å². The van der Waals surface area contributed by atoms with Gasteiger partial charge < -0.3 is 10.1 Å². The molecule has 104 valence electrons. The summed E-state index contributed by atoms with van der Waals surface area (Å²) in [5, 5.41) is 3.61. The van der Waals surface area contributed by atoms with Gasteiger partial charge in [-0.3, -0.25) is 0 Å². The number of likely N-dealkylation sites (N-methyl/N-ethyl adjacent to an activating group) is 1. The van der Waals surface area contributed by atoms with Crippen LogP contribution in [0.15, 0.2) is 9.85 Å². The molecule has 0 aliphatic heterocycles. The molecule has 2 nitrogen and oxygen atoms in total. The Balaban J connectivity index is 2.60. The van der Waals surface area contributed by atoms with Crippen molar-refractivity contribution >= 4 is 38.9 Å². The first-order valence-electron chi connectivity index (χ1n) is 5.16. The van der Waals surface area contributed by atoms with E-state index >= 15 is 0 Å². The maximum absolute atomic E-state index is 12.0. The lowest BCUT2D eigenvalue weighted by molar-refractivity contribution is -0.175. The molecule has 0 aliphatic carbocycles. The Bertz CT molecular complexity index is 366. The number of hydrogen-bond donors (Lipinski definition) is 1. The van der Waals surface area contributed by atoms with Gasteiger partial charge in [-0.15, -0.1) is 11.3 Å². The summed E-state index contributed by atoms with van der Waals surface area (Å²) < 4.78 is 41.4. The molecule has 0 bridgehead atoms. The number of rotatable bonds is 6. The number of thiophene rings is 1. The van der Waals surface area contributed by atoms with Crippen LogP contribution in [0.1, 0.15) is 17.8 Å². The molecule has 0 saturated carbocycles. The quantitative estimate of drug-likeness (QED) is 0.806. The predicted molar refractivity (Wildman–Crippen MR) is 70.3 cm³/mol. The second kappa shape index (κ2) is 7.09. The Hall–Kier alpha value is 0.180. The average molecular weight is 367 g/mol. The summed E-state index contributed by atoms with van der Waals surface area (Å²) in [6, 6.07) is 1.44. The molecule has 1 unspecified atom stereocenters. The van der Waals surface area contributed by atoms with Crippen molar-refractivity contribution in [2.75, 3.05) is 19.8 Å². The normalized spacial score (nSPS) is 13.9. The summed E-state index contributed by atoms with van der Waals surface area (Å²) in [7, 11) is 0. The zero-order chi connectivity index (χ0) is 13.8. The second-order valence-electron chi connectivity index (χ2n) is 3.51. The van der Waals surface area contributed by atoms with Crippen LogP contribution in [0.4, 0.5) is 13.2 Å². The topological polar surface area (TPSA) is 21.3 Å². The van der Waals surface area contributed by atoms with Crippen LogP contribution in [0.2, 0.25) is 5.02 Å². The van der Waals surface area contributed by atoms with Crippen molar-refractivity contribution in [3.05, 3.63) is 19.8 Å². The highest BCUT2D eigenvalue weighted by Gasteiger charge is 2.28. The zero-order valence-electron chi connectivity index (χ0n) is 9.48. The molecule has 0 amide bonds. The fourth-order valence-corrected chi connectivity index (χ4v) is 3.12. The lowest BCUT2D eigenvalue weighted by Crippen LogP contribution is -2.27. The van der Waals surface area contributed by atoms with Crippen LogP contribution in [0.25, 0.3) is 0 Å². The van der Waals surface area contributed by atoms with E-state index in [1.807, 2.05) is 6.92 Å². The summed E-state index contributed by atoms with van der Waals surface area (Å²) in [4.78, 5) is 0.843. The van der Waals surface area contributed by atoms with Crippen LogP contribution in [-0.4, -0.2) is 25.9 Å². The van der Waals surface area contributed by atoms with Crippen molar-refractivity contribution in [1.29, 1.82) is 0 Å². The van der Waals surface area contributed by atoms with E-state index in [0.29, 0.717) is 11.6 Å².